The topological polar surface area (TPSA) is 9.23 Å². The van der Waals surface area contributed by atoms with E-state index in [4.69, 9.17) is 0 Å². The minimum atomic E-state index is -4.83. The largest absolute Gasteiger partial charge is 0.432 e. The van der Waals surface area contributed by atoms with Gasteiger partial charge in [0.2, 0.25) is 0 Å². The van der Waals surface area contributed by atoms with Gasteiger partial charge in [-0.15, -0.1) is 0 Å². The van der Waals surface area contributed by atoms with Gasteiger partial charge >= 0.3 is 12.3 Å². The van der Waals surface area contributed by atoms with Gasteiger partial charge in [-0.25, -0.2) is 17.6 Å². The van der Waals surface area contributed by atoms with E-state index in [9.17, 15) is 39.5 Å². The molecule has 10 heteroatoms. The Morgan fingerprint density at radius 3 is 1.69 bits per heavy atom. The molecule has 2 aliphatic rings. The van der Waals surface area contributed by atoms with Gasteiger partial charge in [0.1, 0.15) is 29.0 Å². The summed E-state index contributed by atoms with van der Waals surface area (Å²) in [5.74, 6) is -4.31. The van der Waals surface area contributed by atoms with E-state index in [-0.39, 0.29) is 24.5 Å². The maximum atomic E-state index is 14.8. The summed E-state index contributed by atoms with van der Waals surface area (Å²) in [5.41, 5.74) is -2.64. The first-order chi connectivity index (χ1) is 19.7. The number of hydrogen-bond acceptors (Lipinski definition) is 1. The number of rotatable bonds is 9. The molecule has 0 amide bonds. The zero-order chi connectivity index (χ0) is 30.7. The van der Waals surface area contributed by atoms with Gasteiger partial charge in [0.15, 0.2) is 0 Å². The van der Waals surface area contributed by atoms with E-state index in [1.54, 1.807) is 0 Å². The number of ether oxygens (including phenoxy) is 1. The van der Waals surface area contributed by atoms with Crippen molar-refractivity contribution in [1.82, 2.24) is 0 Å². The lowest BCUT2D eigenvalue weighted by Crippen LogP contribution is -2.28. The first kappa shape index (κ1) is 32.3. The summed E-state index contributed by atoms with van der Waals surface area (Å²) in [4.78, 5) is 0. The monoisotopic (exact) mass is 606 g/mol. The van der Waals surface area contributed by atoms with Crippen molar-refractivity contribution in [2.24, 2.45) is 23.7 Å². The average molecular weight is 607 g/mol. The molecule has 1 nitrogen and oxygen atoms in total. The Hall–Kier alpha value is -2.65. The molecule has 0 aromatic heterocycles. The summed E-state index contributed by atoms with van der Waals surface area (Å²) in [7, 11) is 0. The average Bonchev–Trinajstić information content (AvgIpc) is 2.90. The zero-order valence-electron chi connectivity index (χ0n) is 23.4. The second kappa shape index (κ2) is 13.3. The molecule has 0 aliphatic heterocycles. The lowest BCUT2D eigenvalue weighted by Gasteiger charge is -2.38. The SMILES string of the molecule is CCC1CCC(C2CCC(CCC(F)(F)Oc3cc(F)c(-c4cc(F)c(/C=C/C(F)(F)F)c(F)c4)c(F)c3)CC2)CC1. The van der Waals surface area contributed by atoms with Gasteiger partial charge < -0.3 is 4.74 Å². The van der Waals surface area contributed by atoms with E-state index in [1.165, 1.54) is 32.1 Å². The van der Waals surface area contributed by atoms with Crippen molar-refractivity contribution >= 4 is 6.08 Å². The predicted octanol–water partition coefficient (Wildman–Crippen LogP) is 11.3. The summed E-state index contributed by atoms with van der Waals surface area (Å²) >= 11 is 0. The lowest BCUT2D eigenvalue weighted by molar-refractivity contribution is -0.183. The van der Waals surface area contributed by atoms with Crippen molar-refractivity contribution in [3.63, 3.8) is 0 Å². The Balaban J connectivity index is 1.34. The minimum absolute atomic E-state index is 0.122. The first-order valence-corrected chi connectivity index (χ1v) is 14.6. The molecule has 42 heavy (non-hydrogen) atoms. The standard InChI is InChI=1S/C32H35F9O/c1-2-19-3-7-21(8-4-19)22-9-5-20(6-10-22)11-14-32(40,41)42-24-17-28(35)30(29(36)18-24)23-15-26(33)25(27(34)16-23)12-13-31(37,38)39/h12-13,15-22H,2-11,14H2,1H3/b13-12+. The molecule has 4 rings (SSSR count). The highest BCUT2D eigenvalue weighted by atomic mass is 19.4. The van der Waals surface area contributed by atoms with E-state index in [1.807, 2.05) is 0 Å². The van der Waals surface area contributed by atoms with Crippen LogP contribution in [0.1, 0.15) is 83.1 Å². The molecule has 0 radical (unpaired) electrons. The Labute approximate surface area is 240 Å². The van der Waals surface area contributed by atoms with E-state index in [0.29, 0.717) is 30.2 Å². The lowest BCUT2D eigenvalue weighted by atomic mass is 9.68. The van der Waals surface area contributed by atoms with Crippen LogP contribution in [0.15, 0.2) is 30.3 Å². The van der Waals surface area contributed by atoms with E-state index in [0.717, 1.165) is 37.5 Å². The molecule has 0 spiro atoms. The fraction of sp³-hybridized carbons (Fsp3) is 0.562. The van der Waals surface area contributed by atoms with Crippen LogP contribution in [0.2, 0.25) is 0 Å². The van der Waals surface area contributed by atoms with E-state index >= 15 is 0 Å². The third-order valence-electron chi connectivity index (χ3n) is 8.96. The molecule has 0 N–H and O–H groups in total. The minimum Gasteiger partial charge on any atom is -0.432 e. The Morgan fingerprint density at radius 1 is 0.714 bits per heavy atom. The summed E-state index contributed by atoms with van der Waals surface area (Å²) in [6.45, 7) is 2.23. The van der Waals surface area contributed by atoms with Crippen molar-refractivity contribution in [1.29, 1.82) is 0 Å². The second-order valence-corrected chi connectivity index (χ2v) is 11.7. The molecule has 2 aliphatic carbocycles. The van der Waals surface area contributed by atoms with Gasteiger partial charge in [0.05, 0.1) is 12.0 Å². The number of benzene rings is 2. The van der Waals surface area contributed by atoms with Crippen LogP contribution >= 0.6 is 0 Å². The van der Waals surface area contributed by atoms with Gasteiger partial charge in [-0.05, 0) is 79.5 Å². The van der Waals surface area contributed by atoms with Gasteiger partial charge in [0, 0.05) is 23.8 Å². The maximum absolute atomic E-state index is 14.8. The Bertz CT molecular complexity index is 1190. The second-order valence-electron chi connectivity index (χ2n) is 11.7. The summed E-state index contributed by atoms with van der Waals surface area (Å²) in [6.07, 6.45) is 0.879. The quantitative estimate of drug-likeness (QED) is 0.258. The molecule has 0 bridgehead atoms. The van der Waals surface area contributed by atoms with Crippen LogP contribution in [0.4, 0.5) is 39.5 Å². The van der Waals surface area contributed by atoms with Gasteiger partial charge in [0.25, 0.3) is 0 Å². The van der Waals surface area contributed by atoms with Crippen LogP contribution in [0, 0.1) is 46.9 Å². The van der Waals surface area contributed by atoms with Crippen LogP contribution in [0.5, 0.6) is 5.75 Å². The summed E-state index contributed by atoms with van der Waals surface area (Å²) < 4.78 is 129. The van der Waals surface area contributed by atoms with Crippen molar-refractivity contribution in [3.8, 4) is 16.9 Å². The van der Waals surface area contributed by atoms with Crippen LogP contribution in [-0.2, 0) is 0 Å². The van der Waals surface area contributed by atoms with Gasteiger partial charge in [-0.1, -0.05) is 39.0 Å². The molecule has 0 unspecified atom stereocenters. The Kier molecular flexibility index (Phi) is 10.2. The molecule has 232 valence electrons. The third-order valence-corrected chi connectivity index (χ3v) is 8.96. The van der Waals surface area contributed by atoms with Crippen molar-refractivity contribution in [2.75, 3.05) is 0 Å². The van der Waals surface area contributed by atoms with Crippen LogP contribution in [-0.4, -0.2) is 12.3 Å². The number of allylic oxidation sites excluding steroid dienone is 1. The molecule has 2 aromatic rings. The molecule has 0 saturated heterocycles. The molecule has 2 fully saturated rings. The molecule has 0 heterocycles. The molecular weight excluding hydrogens is 571 g/mol. The van der Waals surface area contributed by atoms with Crippen molar-refractivity contribution < 1.29 is 44.3 Å². The first-order valence-electron chi connectivity index (χ1n) is 14.6. The van der Waals surface area contributed by atoms with E-state index < -0.39 is 64.4 Å². The maximum Gasteiger partial charge on any atom is 0.409 e. The molecule has 0 atom stereocenters. The van der Waals surface area contributed by atoms with Gasteiger partial charge in [-0.2, -0.15) is 22.0 Å². The number of halogens is 9. The summed E-state index contributed by atoms with van der Waals surface area (Å²) in [5, 5.41) is 0. The number of hydrogen-bond donors (Lipinski definition) is 0. The third kappa shape index (κ3) is 8.47. The van der Waals surface area contributed by atoms with Crippen LogP contribution in [0.25, 0.3) is 17.2 Å². The van der Waals surface area contributed by atoms with Crippen molar-refractivity contribution in [2.45, 2.75) is 89.8 Å². The highest BCUT2D eigenvalue weighted by Crippen LogP contribution is 2.43. The zero-order valence-corrected chi connectivity index (χ0v) is 23.4. The molecule has 2 saturated carbocycles. The van der Waals surface area contributed by atoms with E-state index in [2.05, 4.69) is 11.7 Å². The highest BCUT2D eigenvalue weighted by Gasteiger charge is 2.35. The smallest absolute Gasteiger partial charge is 0.409 e. The highest BCUT2D eigenvalue weighted by molar-refractivity contribution is 5.68. The van der Waals surface area contributed by atoms with Gasteiger partial charge in [-0.3, -0.25) is 0 Å². The number of alkyl halides is 5. The van der Waals surface area contributed by atoms with Crippen LogP contribution < -0.4 is 4.74 Å². The molecule has 2 aromatic carbocycles. The Morgan fingerprint density at radius 2 is 1.21 bits per heavy atom. The summed E-state index contributed by atoms with van der Waals surface area (Å²) in [6, 6.07) is 1.89. The predicted molar refractivity (Wildman–Crippen MR) is 143 cm³/mol. The molecular formula is C32H35F9O. The van der Waals surface area contributed by atoms with Crippen molar-refractivity contribution in [3.05, 3.63) is 59.2 Å². The normalized spacial score (nSPS) is 23.9. The fourth-order valence-corrected chi connectivity index (χ4v) is 6.56. The fourth-order valence-electron chi connectivity index (χ4n) is 6.56. The van der Waals surface area contributed by atoms with Crippen LogP contribution in [0.3, 0.4) is 0 Å².